The van der Waals surface area contributed by atoms with Crippen LogP contribution in [0.1, 0.15) is 27.2 Å². The highest BCUT2D eigenvalue weighted by atomic mass is 35.5. The Morgan fingerprint density at radius 1 is 1.50 bits per heavy atom. The number of carbonyl (C=O) groups excluding carboxylic acids is 1. The summed E-state index contributed by atoms with van der Waals surface area (Å²) in [6.45, 7) is 7.35. The van der Waals surface area contributed by atoms with E-state index in [-0.39, 0.29) is 42.2 Å². The van der Waals surface area contributed by atoms with E-state index in [1.165, 1.54) is 0 Å². The SMILES string of the molecule is CC(Oc1cccnc1)C(=O)N1CCC(N)C(C)(C)C1.Cl.Cl. The van der Waals surface area contributed by atoms with Crippen LogP contribution in [0.2, 0.25) is 0 Å². The van der Waals surface area contributed by atoms with E-state index < -0.39 is 6.10 Å². The van der Waals surface area contributed by atoms with E-state index in [1.54, 1.807) is 31.5 Å². The minimum Gasteiger partial charge on any atom is -0.479 e. The van der Waals surface area contributed by atoms with Gasteiger partial charge in [0.15, 0.2) is 6.10 Å². The molecule has 7 heteroatoms. The monoisotopic (exact) mass is 349 g/mol. The molecule has 1 aromatic rings. The molecule has 0 bridgehead atoms. The Labute approximate surface area is 144 Å². The number of hydrogen-bond acceptors (Lipinski definition) is 4. The van der Waals surface area contributed by atoms with Gasteiger partial charge in [0.25, 0.3) is 5.91 Å². The maximum absolute atomic E-state index is 12.4. The lowest BCUT2D eigenvalue weighted by atomic mass is 9.79. The maximum atomic E-state index is 12.4. The smallest absolute Gasteiger partial charge is 0.263 e. The molecular formula is C15H25Cl2N3O2. The summed E-state index contributed by atoms with van der Waals surface area (Å²) in [4.78, 5) is 18.3. The van der Waals surface area contributed by atoms with E-state index in [9.17, 15) is 4.79 Å². The molecular weight excluding hydrogens is 325 g/mol. The first-order chi connectivity index (χ1) is 9.40. The molecule has 2 N–H and O–H groups in total. The number of carbonyl (C=O) groups is 1. The van der Waals surface area contributed by atoms with E-state index in [0.717, 1.165) is 6.42 Å². The molecule has 5 nitrogen and oxygen atoms in total. The van der Waals surface area contributed by atoms with Crippen LogP contribution in [-0.2, 0) is 4.79 Å². The summed E-state index contributed by atoms with van der Waals surface area (Å²) in [5.74, 6) is 0.621. The fourth-order valence-electron chi connectivity index (χ4n) is 2.49. The van der Waals surface area contributed by atoms with Gasteiger partial charge >= 0.3 is 0 Å². The van der Waals surface area contributed by atoms with Gasteiger partial charge < -0.3 is 15.4 Å². The molecule has 0 radical (unpaired) electrons. The number of pyridine rings is 1. The van der Waals surface area contributed by atoms with Gasteiger partial charge in [0, 0.05) is 25.3 Å². The first kappa shape index (κ1) is 21.0. The number of piperidine rings is 1. The third-order valence-corrected chi connectivity index (χ3v) is 3.92. The van der Waals surface area contributed by atoms with Crippen LogP contribution >= 0.6 is 24.8 Å². The van der Waals surface area contributed by atoms with Crippen LogP contribution in [0.5, 0.6) is 5.75 Å². The number of rotatable bonds is 3. The minimum atomic E-state index is -0.510. The predicted octanol–water partition coefficient (Wildman–Crippen LogP) is 2.28. The third-order valence-electron chi connectivity index (χ3n) is 3.92. The number of amides is 1. The molecule has 1 amide bonds. The van der Waals surface area contributed by atoms with Crippen molar-refractivity contribution in [3.8, 4) is 5.75 Å². The van der Waals surface area contributed by atoms with Crippen molar-refractivity contribution < 1.29 is 9.53 Å². The van der Waals surface area contributed by atoms with E-state index >= 15 is 0 Å². The average Bonchev–Trinajstić information content (AvgIpc) is 2.42. The number of hydrogen-bond donors (Lipinski definition) is 1. The lowest BCUT2D eigenvalue weighted by molar-refractivity contribution is -0.141. The van der Waals surface area contributed by atoms with Crippen LogP contribution in [0, 0.1) is 5.41 Å². The zero-order valence-electron chi connectivity index (χ0n) is 13.2. The molecule has 0 aliphatic carbocycles. The zero-order chi connectivity index (χ0) is 14.8. The van der Waals surface area contributed by atoms with Crippen LogP contribution in [0.4, 0.5) is 0 Å². The first-order valence-corrected chi connectivity index (χ1v) is 7.01. The number of nitrogens with zero attached hydrogens (tertiary/aromatic N) is 2. The normalized spacial score (nSPS) is 21.1. The highest BCUT2D eigenvalue weighted by Crippen LogP contribution is 2.28. The summed E-state index contributed by atoms with van der Waals surface area (Å²) in [6.07, 6.45) is 3.61. The van der Waals surface area contributed by atoms with Crippen LogP contribution in [0.15, 0.2) is 24.5 Å². The highest BCUT2D eigenvalue weighted by molar-refractivity contribution is 5.85. The number of likely N-dealkylation sites (tertiary alicyclic amines) is 1. The fraction of sp³-hybridized carbons (Fsp3) is 0.600. The van der Waals surface area contributed by atoms with Gasteiger partial charge in [0.1, 0.15) is 5.75 Å². The second-order valence-electron chi connectivity index (χ2n) is 6.09. The van der Waals surface area contributed by atoms with E-state index in [4.69, 9.17) is 10.5 Å². The summed E-state index contributed by atoms with van der Waals surface area (Å²) >= 11 is 0. The van der Waals surface area contributed by atoms with Crippen molar-refractivity contribution >= 4 is 30.7 Å². The summed E-state index contributed by atoms with van der Waals surface area (Å²) in [5.41, 5.74) is 6.04. The molecule has 1 aliphatic heterocycles. The first-order valence-electron chi connectivity index (χ1n) is 7.01. The summed E-state index contributed by atoms with van der Waals surface area (Å²) in [7, 11) is 0. The van der Waals surface area contributed by atoms with Crippen LogP contribution in [0.25, 0.3) is 0 Å². The number of halogens is 2. The Balaban J connectivity index is 0.00000220. The molecule has 2 unspecified atom stereocenters. The van der Waals surface area contributed by atoms with Crippen molar-refractivity contribution in [1.29, 1.82) is 0 Å². The lowest BCUT2D eigenvalue weighted by Crippen LogP contribution is -2.56. The van der Waals surface area contributed by atoms with Gasteiger partial charge in [-0.25, -0.2) is 0 Å². The average molecular weight is 350 g/mol. The Hall–Kier alpha value is -1.04. The topological polar surface area (TPSA) is 68.5 Å². The maximum Gasteiger partial charge on any atom is 0.263 e. The van der Waals surface area contributed by atoms with Gasteiger partial charge in [-0.2, -0.15) is 0 Å². The fourth-order valence-corrected chi connectivity index (χ4v) is 2.49. The standard InChI is InChI=1S/C15H23N3O2.2ClH/c1-11(20-12-5-4-7-17-9-12)14(19)18-8-6-13(16)15(2,3)10-18;;/h4-5,7,9,11,13H,6,8,10,16H2,1-3H3;2*1H. The highest BCUT2D eigenvalue weighted by Gasteiger charge is 2.36. The van der Waals surface area contributed by atoms with Crippen molar-refractivity contribution in [1.82, 2.24) is 9.88 Å². The van der Waals surface area contributed by atoms with Crippen LogP contribution < -0.4 is 10.5 Å². The number of aromatic nitrogens is 1. The lowest BCUT2D eigenvalue weighted by Gasteiger charge is -2.43. The van der Waals surface area contributed by atoms with Crippen LogP contribution in [-0.4, -0.2) is 41.0 Å². The molecule has 2 atom stereocenters. The quantitative estimate of drug-likeness (QED) is 0.908. The molecule has 2 rings (SSSR count). The summed E-state index contributed by atoms with van der Waals surface area (Å²) in [6, 6.07) is 3.73. The van der Waals surface area contributed by atoms with Gasteiger partial charge in [0.2, 0.25) is 0 Å². The van der Waals surface area contributed by atoms with Gasteiger partial charge in [-0.1, -0.05) is 13.8 Å². The van der Waals surface area contributed by atoms with Crippen molar-refractivity contribution in [2.75, 3.05) is 13.1 Å². The summed E-state index contributed by atoms with van der Waals surface area (Å²) in [5, 5.41) is 0. The number of ether oxygens (including phenoxy) is 1. The van der Waals surface area contributed by atoms with E-state index in [2.05, 4.69) is 18.8 Å². The molecule has 126 valence electrons. The second-order valence-corrected chi connectivity index (χ2v) is 6.09. The largest absolute Gasteiger partial charge is 0.479 e. The molecule has 0 aromatic carbocycles. The van der Waals surface area contributed by atoms with Crippen molar-refractivity contribution in [2.24, 2.45) is 11.1 Å². The Bertz CT molecular complexity index is 471. The van der Waals surface area contributed by atoms with Gasteiger partial charge in [-0.3, -0.25) is 9.78 Å². The Kier molecular flexibility index (Phi) is 8.15. The molecule has 1 saturated heterocycles. The Morgan fingerprint density at radius 2 is 2.18 bits per heavy atom. The number of nitrogens with two attached hydrogens (primary N) is 1. The van der Waals surface area contributed by atoms with E-state index in [1.807, 2.05) is 4.90 Å². The summed E-state index contributed by atoms with van der Waals surface area (Å²) < 4.78 is 5.64. The van der Waals surface area contributed by atoms with Crippen molar-refractivity contribution in [2.45, 2.75) is 39.3 Å². The van der Waals surface area contributed by atoms with E-state index in [0.29, 0.717) is 18.8 Å². The zero-order valence-corrected chi connectivity index (χ0v) is 14.8. The second kappa shape index (κ2) is 8.56. The molecule has 1 fully saturated rings. The minimum absolute atomic E-state index is 0. The molecule has 0 spiro atoms. The molecule has 1 aliphatic rings. The Morgan fingerprint density at radius 3 is 2.73 bits per heavy atom. The molecule has 0 saturated carbocycles. The molecule has 2 heterocycles. The predicted molar refractivity (Wildman–Crippen MR) is 91.8 cm³/mol. The van der Waals surface area contributed by atoms with Gasteiger partial charge in [0.05, 0.1) is 6.20 Å². The molecule has 1 aromatic heterocycles. The van der Waals surface area contributed by atoms with Crippen LogP contribution in [0.3, 0.4) is 0 Å². The molecule has 22 heavy (non-hydrogen) atoms. The van der Waals surface area contributed by atoms with Crippen molar-refractivity contribution in [3.63, 3.8) is 0 Å². The van der Waals surface area contributed by atoms with Gasteiger partial charge in [-0.15, -0.1) is 24.8 Å². The third kappa shape index (κ3) is 5.00. The van der Waals surface area contributed by atoms with Gasteiger partial charge in [-0.05, 0) is 30.9 Å². The van der Waals surface area contributed by atoms with Crippen molar-refractivity contribution in [3.05, 3.63) is 24.5 Å².